The van der Waals surface area contributed by atoms with Crippen LogP contribution in [0.4, 0.5) is 0 Å². The van der Waals surface area contributed by atoms with E-state index in [0.29, 0.717) is 0 Å². The van der Waals surface area contributed by atoms with Crippen molar-refractivity contribution in [1.29, 1.82) is 0 Å². The van der Waals surface area contributed by atoms with Gasteiger partial charge in [0.25, 0.3) is 0 Å². The van der Waals surface area contributed by atoms with Crippen molar-refractivity contribution in [2.75, 3.05) is 13.1 Å². The van der Waals surface area contributed by atoms with Crippen molar-refractivity contribution in [2.24, 2.45) is 5.73 Å². The molecule has 1 saturated carbocycles. The highest BCUT2D eigenvalue weighted by Gasteiger charge is 2.53. The van der Waals surface area contributed by atoms with Gasteiger partial charge in [-0.05, 0) is 43.4 Å². The van der Waals surface area contributed by atoms with Crippen LogP contribution in [-0.2, 0) is 10.2 Å². The second kappa shape index (κ2) is 5.92. The molecule has 0 spiro atoms. The van der Waals surface area contributed by atoms with E-state index in [9.17, 15) is 4.79 Å². The Hall–Kier alpha value is -0.770. The fourth-order valence-electron chi connectivity index (χ4n) is 2.93. The molecule has 0 unspecified atom stereocenters. The van der Waals surface area contributed by atoms with Gasteiger partial charge in [-0.15, -0.1) is 12.4 Å². The Balaban J connectivity index is 0.00000147. The molecule has 3 nitrogen and oxygen atoms in total. The zero-order valence-corrected chi connectivity index (χ0v) is 12.9. The van der Waals surface area contributed by atoms with Crippen molar-refractivity contribution in [1.82, 2.24) is 4.90 Å². The number of benzene rings is 1. The first-order valence-corrected chi connectivity index (χ1v) is 7.31. The van der Waals surface area contributed by atoms with Gasteiger partial charge in [0, 0.05) is 24.2 Å². The van der Waals surface area contributed by atoms with E-state index < -0.39 is 0 Å². The maximum absolute atomic E-state index is 12.7. The van der Waals surface area contributed by atoms with Gasteiger partial charge < -0.3 is 10.6 Å². The molecule has 2 fully saturated rings. The lowest BCUT2D eigenvalue weighted by Gasteiger charge is -2.33. The maximum Gasteiger partial charge on any atom is 0.233 e. The predicted octanol–water partition coefficient (Wildman–Crippen LogP) is 2.74. The summed E-state index contributed by atoms with van der Waals surface area (Å²) in [6.45, 7) is 1.60. The minimum absolute atomic E-state index is 0. The summed E-state index contributed by atoms with van der Waals surface area (Å²) in [6.07, 6.45) is 3.75. The number of nitrogens with two attached hydrogens (primary N) is 1. The molecule has 20 heavy (non-hydrogen) atoms. The van der Waals surface area contributed by atoms with Crippen LogP contribution in [0.1, 0.15) is 31.2 Å². The molecular weight excluding hydrogens is 295 g/mol. The molecule has 0 aromatic heterocycles. The summed E-state index contributed by atoms with van der Waals surface area (Å²) < 4.78 is 0. The van der Waals surface area contributed by atoms with Crippen LogP contribution in [0.25, 0.3) is 0 Å². The molecule has 2 aliphatic rings. The normalized spacial score (nSPS) is 21.2. The third kappa shape index (κ3) is 2.80. The van der Waals surface area contributed by atoms with Crippen LogP contribution in [0.5, 0.6) is 0 Å². The largest absolute Gasteiger partial charge is 0.342 e. The zero-order chi connectivity index (χ0) is 13.5. The molecule has 0 radical (unpaired) electrons. The number of rotatable bonds is 2. The first kappa shape index (κ1) is 15.6. The van der Waals surface area contributed by atoms with E-state index in [2.05, 4.69) is 0 Å². The summed E-state index contributed by atoms with van der Waals surface area (Å²) in [6, 6.07) is 7.98. The van der Waals surface area contributed by atoms with Crippen molar-refractivity contribution in [3.05, 3.63) is 34.9 Å². The molecule has 1 aromatic carbocycles. The summed E-state index contributed by atoms with van der Waals surface area (Å²) in [5.41, 5.74) is 6.73. The molecule has 1 aromatic rings. The van der Waals surface area contributed by atoms with Gasteiger partial charge in [0.1, 0.15) is 0 Å². The van der Waals surface area contributed by atoms with Crippen LogP contribution < -0.4 is 5.73 Å². The standard InChI is InChI=1S/C15H19ClN2O.ClH/c16-12-3-1-11(2-4-12)15(7-8-15)14(19)18-9-5-13(17)6-10-18;/h1-4,13H,5-10,17H2;1H. The maximum atomic E-state index is 12.7. The van der Waals surface area contributed by atoms with Crippen LogP contribution in [0, 0.1) is 0 Å². The molecule has 1 aliphatic heterocycles. The number of piperidine rings is 1. The Labute approximate surface area is 130 Å². The van der Waals surface area contributed by atoms with E-state index in [-0.39, 0.29) is 29.8 Å². The minimum Gasteiger partial charge on any atom is -0.342 e. The minimum atomic E-state index is -0.272. The topological polar surface area (TPSA) is 46.3 Å². The number of likely N-dealkylation sites (tertiary alicyclic amines) is 1. The number of halogens is 2. The molecular formula is C15H20Cl2N2O. The Kier molecular flexibility index (Phi) is 4.62. The van der Waals surface area contributed by atoms with Crippen LogP contribution in [0.3, 0.4) is 0 Å². The molecule has 1 heterocycles. The molecule has 2 N–H and O–H groups in total. The SMILES string of the molecule is Cl.NC1CCN(C(=O)C2(c3ccc(Cl)cc3)CC2)CC1. The molecule has 0 bridgehead atoms. The van der Waals surface area contributed by atoms with E-state index in [1.807, 2.05) is 29.2 Å². The van der Waals surface area contributed by atoms with Crippen LogP contribution in [0.15, 0.2) is 24.3 Å². The van der Waals surface area contributed by atoms with Crippen LogP contribution in [0.2, 0.25) is 5.02 Å². The van der Waals surface area contributed by atoms with Gasteiger partial charge >= 0.3 is 0 Å². The Morgan fingerprint density at radius 2 is 1.75 bits per heavy atom. The molecule has 1 aliphatic carbocycles. The number of nitrogens with zero attached hydrogens (tertiary/aromatic N) is 1. The first-order valence-electron chi connectivity index (χ1n) is 6.93. The second-order valence-electron chi connectivity index (χ2n) is 5.72. The van der Waals surface area contributed by atoms with Crippen molar-refractivity contribution in [3.63, 3.8) is 0 Å². The first-order chi connectivity index (χ1) is 9.12. The Morgan fingerprint density at radius 1 is 1.20 bits per heavy atom. The van der Waals surface area contributed by atoms with Gasteiger partial charge in [0.15, 0.2) is 0 Å². The molecule has 110 valence electrons. The fraction of sp³-hybridized carbons (Fsp3) is 0.533. The van der Waals surface area contributed by atoms with E-state index in [0.717, 1.165) is 49.4 Å². The molecule has 5 heteroatoms. The third-order valence-corrected chi connectivity index (χ3v) is 4.63. The summed E-state index contributed by atoms with van der Waals surface area (Å²) in [4.78, 5) is 14.7. The molecule has 3 rings (SSSR count). The van der Waals surface area contributed by atoms with E-state index >= 15 is 0 Å². The van der Waals surface area contributed by atoms with Crippen molar-refractivity contribution >= 4 is 29.9 Å². The van der Waals surface area contributed by atoms with Gasteiger partial charge in [-0.3, -0.25) is 4.79 Å². The number of carbonyl (C=O) groups excluding carboxylic acids is 1. The monoisotopic (exact) mass is 314 g/mol. The summed E-state index contributed by atoms with van der Waals surface area (Å²) in [5.74, 6) is 0.279. The lowest BCUT2D eigenvalue weighted by Crippen LogP contribution is -2.46. The smallest absolute Gasteiger partial charge is 0.233 e. The molecule has 1 amide bonds. The molecule has 1 saturated heterocycles. The van der Waals surface area contributed by atoms with Gasteiger partial charge in [0.2, 0.25) is 5.91 Å². The van der Waals surface area contributed by atoms with E-state index in [1.54, 1.807) is 0 Å². The average Bonchev–Trinajstić information content (AvgIpc) is 3.21. The van der Waals surface area contributed by atoms with Crippen molar-refractivity contribution in [3.8, 4) is 0 Å². The highest BCUT2D eigenvalue weighted by atomic mass is 35.5. The van der Waals surface area contributed by atoms with Crippen molar-refractivity contribution in [2.45, 2.75) is 37.1 Å². The van der Waals surface area contributed by atoms with Crippen LogP contribution in [-0.4, -0.2) is 29.9 Å². The number of hydrogen-bond acceptors (Lipinski definition) is 2. The Morgan fingerprint density at radius 3 is 2.25 bits per heavy atom. The summed E-state index contributed by atoms with van der Waals surface area (Å²) in [5, 5.41) is 0.718. The number of carbonyl (C=O) groups is 1. The lowest BCUT2D eigenvalue weighted by atomic mass is 9.93. The number of hydrogen-bond donors (Lipinski definition) is 1. The average molecular weight is 315 g/mol. The van der Waals surface area contributed by atoms with Crippen LogP contribution >= 0.6 is 24.0 Å². The highest BCUT2D eigenvalue weighted by molar-refractivity contribution is 6.30. The van der Waals surface area contributed by atoms with E-state index in [1.165, 1.54) is 0 Å². The highest BCUT2D eigenvalue weighted by Crippen LogP contribution is 2.50. The van der Waals surface area contributed by atoms with Crippen molar-refractivity contribution < 1.29 is 4.79 Å². The van der Waals surface area contributed by atoms with E-state index in [4.69, 9.17) is 17.3 Å². The lowest BCUT2D eigenvalue weighted by molar-refractivity contribution is -0.135. The Bertz CT molecular complexity index is 477. The fourth-order valence-corrected chi connectivity index (χ4v) is 3.05. The van der Waals surface area contributed by atoms with Gasteiger partial charge in [-0.2, -0.15) is 0 Å². The second-order valence-corrected chi connectivity index (χ2v) is 6.16. The summed E-state index contributed by atoms with van der Waals surface area (Å²) >= 11 is 5.92. The van der Waals surface area contributed by atoms with Gasteiger partial charge in [-0.25, -0.2) is 0 Å². The molecule has 0 atom stereocenters. The third-order valence-electron chi connectivity index (χ3n) is 4.38. The summed E-state index contributed by atoms with van der Waals surface area (Å²) in [7, 11) is 0. The predicted molar refractivity (Wildman–Crippen MR) is 83.4 cm³/mol. The van der Waals surface area contributed by atoms with Gasteiger partial charge in [0.05, 0.1) is 5.41 Å². The quantitative estimate of drug-likeness (QED) is 0.912. The van der Waals surface area contributed by atoms with Gasteiger partial charge in [-0.1, -0.05) is 23.7 Å². The number of amides is 1. The zero-order valence-electron chi connectivity index (χ0n) is 11.3.